The fraction of sp³-hybridized carbons (Fsp3) is 0.158. The average Bonchev–Trinajstić information content (AvgIpc) is 3.30. The summed E-state index contributed by atoms with van der Waals surface area (Å²) in [6.45, 7) is 3.93. The summed E-state index contributed by atoms with van der Waals surface area (Å²) >= 11 is 1.46. The molecule has 0 saturated carbocycles. The first-order valence-electron chi connectivity index (χ1n) is 8.25. The zero-order chi connectivity index (χ0) is 18.1. The average molecular weight is 363 g/mol. The summed E-state index contributed by atoms with van der Waals surface area (Å²) < 4.78 is 1.86. The Hall–Kier alpha value is -3.06. The van der Waals surface area contributed by atoms with Crippen LogP contribution in [0.2, 0.25) is 0 Å². The van der Waals surface area contributed by atoms with Crippen molar-refractivity contribution in [3.05, 3.63) is 71.1 Å². The number of aromatic nitrogens is 4. The Bertz CT molecular complexity index is 1070. The van der Waals surface area contributed by atoms with E-state index in [0.29, 0.717) is 11.5 Å². The molecule has 0 spiro atoms. The van der Waals surface area contributed by atoms with Crippen molar-refractivity contribution in [3.8, 4) is 10.6 Å². The second-order valence-corrected chi connectivity index (χ2v) is 6.94. The SMILES string of the molecule is Cc1ccc(-c2nc(C(=O)N[C@@H](C)c3nnc4ccccn34)cs2)cc1. The molecule has 1 amide bonds. The fourth-order valence-corrected chi connectivity index (χ4v) is 3.50. The van der Waals surface area contributed by atoms with Gasteiger partial charge in [0, 0.05) is 17.1 Å². The Labute approximate surface area is 154 Å². The molecule has 0 unspecified atom stereocenters. The summed E-state index contributed by atoms with van der Waals surface area (Å²) in [6, 6.07) is 13.5. The first-order valence-corrected chi connectivity index (χ1v) is 9.13. The molecule has 0 aliphatic heterocycles. The van der Waals surface area contributed by atoms with Crippen LogP contribution in [0.1, 0.15) is 34.8 Å². The number of rotatable bonds is 4. The molecule has 7 heteroatoms. The topological polar surface area (TPSA) is 72.2 Å². The zero-order valence-electron chi connectivity index (χ0n) is 14.4. The molecular formula is C19H17N5OS. The lowest BCUT2D eigenvalue weighted by Crippen LogP contribution is -2.28. The Morgan fingerprint density at radius 1 is 1.15 bits per heavy atom. The predicted octanol–water partition coefficient (Wildman–Crippen LogP) is 3.65. The Morgan fingerprint density at radius 2 is 1.96 bits per heavy atom. The van der Waals surface area contributed by atoms with Crippen molar-refractivity contribution in [1.29, 1.82) is 0 Å². The smallest absolute Gasteiger partial charge is 0.271 e. The van der Waals surface area contributed by atoms with Crippen molar-refractivity contribution in [3.63, 3.8) is 0 Å². The summed E-state index contributed by atoms with van der Waals surface area (Å²) in [4.78, 5) is 17.0. The number of hydrogen-bond donors (Lipinski definition) is 1. The predicted molar refractivity (Wildman–Crippen MR) is 101 cm³/mol. The maximum Gasteiger partial charge on any atom is 0.271 e. The van der Waals surface area contributed by atoms with Gasteiger partial charge in [0.15, 0.2) is 11.5 Å². The van der Waals surface area contributed by atoms with Crippen LogP contribution in [0.3, 0.4) is 0 Å². The molecule has 3 aromatic heterocycles. The monoisotopic (exact) mass is 363 g/mol. The van der Waals surface area contributed by atoms with Gasteiger partial charge in [0.25, 0.3) is 5.91 Å². The second kappa shape index (κ2) is 6.68. The normalized spacial score (nSPS) is 12.2. The standard InChI is InChI=1S/C19H17N5OS/c1-12-6-8-14(9-7-12)19-21-15(11-26-19)18(25)20-13(2)17-23-22-16-5-3-4-10-24(16)17/h3-11,13H,1-2H3,(H,20,25)/t13-/m0/s1. The Kier molecular flexibility index (Phi) is 4.22. The number of benzene rings is 1. The van der Waals surface area contributed by atoms with Crippen LogP contribution in [0.5, 0.6) is 0 Å². The van der Waals surface area contributed by atoms with Gasteiger partial charge in [-0.05, 0) is 26.0 Å². The molecule has 1 aromatic carbocycles. The number of nitrogens with one attached hydrogen (secondary N) is 1. The van der Waals surface area contributed by atoms with E-state index in [-0.39, 0.29) is 11.9 Å². The van der Waals surface area contributed by atoms with Crippen molar-refractivity contribution >= 4 is 22.9 Å². The van der Waals surface area contributed by atoms with Crippen LogP contribution in [0.25, 0.3) is 16.2 Å². The number of hydrogen-bond acceptors (Lipinski definition) is 5. The van der Waals surface area contributed by atoms with Gasteiger partial charge in [-0.15, -0.1) is 21.5 Å². The summed E-state index contributed by atoms with van der Waals surface area (Å²) in [6.07, 6.45) is 1.88. The largest absolute Gasteiger partial charge is 0.341 e. The highest BCUT2D eigenvalue weighted by Gasteiger charge is 2.18. The van der Waals surface area contributed by atoms with Gasteiger partial charge < -0.3 is 5.32 Å². The van der Waals surface area contributed by atoms with Gasteiger partial charge in [-0.2, -0.15) is 0 Å². The molecule has 26 heavy (non-hydrogen) atoms. The van der Waals surface area contributed by atoms with Crippen molar-refractivity contribution < 1.29 is 4.79 Å². The van der Waals surface area contributed by atoms with E-state index in [4.69, 9.17) is 0 Å². The minimum Gasteiger partial charge on any atom is -0.341 e. The summed E-state index contributed by atoms with van der Waals surface area (Å²) in [7, 11) is 0. The number of carbonyl (C=O) groups excluding carboxylic acids is 1. The quantitative estimate of drug-likeness (QED) is 0.601. The number of nitrogens with zero attached hydrogens (tertiary/aromatic N) is 4. The minimum absolute atomic E-state index is 0.222. The molecule has 0 fully saturated rings. The van der Waals surface area contributed by atoms with E-state index < -0.39 is 0 Å². The van der Waals surface area contributed by atoms with E-state index in [0.717, 1.165) is 16.2 Å². The van der Waals surface area contributed by atoms with Gasteiger partial charge in [-0.25, -0.2) is 4.98 Å². The first kappa shape index (κ1) is 16.4. The maximum absolute atomic E-state index is 12.6. The molecule has 4 rings (SSSR count). The molecule has 0 bridgehead atoms. The molecule has 4 aromatic rings. The third kappa shape index (κ3) is 3.09. The van der Waals surface area contributed by atoms with Crippen LogP contribution in [0.15, 0.2) is 54.0 Å². The number of aryl methyl sites for hydroxylation is 1. The van der Waals surface area contributed by atoms with E-state index in [9.17, 15) is 4.79 Å². The van der Waals surface area contributed by atoms with Gasteiger partial charge in [0.2, 0.25) is 0 Å². The van der Waals surface area contributed by atoms with Crippen LogP contribution in [0.4, 0.5) is 0 Å². The van der Waals surface area contributed by atoms with Gasteiger partial charge in [-0.1, -0.05) is 35.9 Å². The van der Waals surface area contributed by atoms with Gasteiger partial charge in [0.1, 0.15) is 10.7 Å². The highest BCUT2D eigenvalue weighted by molar-refractivity contribution is 7.13. The van der Waals surface area contributed by atoms with Crippen LogP contribution >= 0.6 is 11.3 Å². The summed E-state index contributed by atoms with van der Waals surface area (Å²) in [5, 5.41) is 13.9. The molecule has 6 nitrogen and oxygen atoms in total. The second-order valence-electron chi connectivity index (χ2n) is 6.09. The molecule has 0 radical (unpaired) electrons. The van der Waals surface area contributed by atoms with Crippen LogP contribution in [-0.2, 0) is 0 Å². The Morgan fingerprint density at radius 3 is 2.77 bits per heavy atom. The van der Waals surface area contributed by atoms with E-state index >= 15 is 0 Å². The highest BCUT2D eigenvalue weighted by atomic mass is 32.1. The molecule has 0 aliphatic carbocycles. The van der Waals surface area contributed by atoms with Gasteiger partial charge in [-0.3, -0.25) is 9.20 Å². The minimum atomic E-state index is -0.288. The number of pyridine rings is 1. The third-order valence-electron chi connectivity index (χ3n) is 4.11. The van der Waals surface area contributed by atoms with Gasteiger partial charge >= 0.3 is 0 Å². The number of fused-ring (bicyclic) bond motifs is 1. The molecule has 1 N–H and O–H groups in total. The zero-order valence-corrected chi connectivity index (χ0v) is 15.2. The maximum atomic E-state index is 12.6. The number of amides is 1. The molecule has 130 valence electrons. The lowest BCUT2D eigenvalue weighted by Gasteiger charge is -2.11. The summed E-state index contributed by atoms with van der Waals surface area (Å²) in [5.41, 5.74) is 3.36. The van der Waals surface area contributed by atoms with Crippen molar-refractivity contribution in [2.24, 2.45) is 0 Å². The van der Waals surface area contributed by atoms with E-state index in [1.54, 1.807) is 5.38 Å². The molecular weight excluding hydrogens is 346 g/mol. The van der Waals surface area contributed by atoms with E-state index in [1.807, 2.05) is 66.9 Å². The van der Waals surface area contributed by atoms with Gasteiger partial charge in [0.05, 0.1) is 6.04 Å². The van der Waals surface area contributed by atoms with Crippen molar-refractivity contribution in [1.82, 2.24) is 24.9 Å². The first-order chi connectivity index (χ1) is 12.6. The lowest BCUT2D eigenvalue weighted by atomic mass is 10.2. The van der Waals surface area contributed by atoms with E-state index in [1.165, 1.54) is 16.9 Å². The summed E-state index contributed by atoms with van der Waals surface area (Å²) in [5.74, 6) is 0.461. The van der Waals surface area contributed by atoms with Crippen LogP contribution in [0, 0.1) is 6.92 Å². The Balaban J connectivity index is 1.52. The number of thiazole rings is 1. The van der Waals surface area contributed by atoms with Crippen LogP contribution in [-0.4, -0.2) is 25.5 Å². The molecule has 0 aliphatic rings. The fourth-order valence-electron chi connectivity index (χ4n) is 2.70. The van der Waals surface area contributed by atoms with Crippen molar-refractivity contribution in [2.75, 3.05) is 0 Å². The highest BCUT2D eigenvalue weighted by Crippen LogP contribution is 2.24. The molecule has 0 saturated heterocycles. The molecule has 3 heterocycles. The van der Waals surface area contributed by atoms with Crippen molar-refractivity contribution in [2.45, 2.75) is 19.9 Å². The molecule has 1 atom stereocenters. The lowest BCUT2D eigenvalue weighted by molar-refractivity contribution is 0.0934. The third-order valence-corrected chi connectivity index (χ3v) is 5.00. The van der Waals surface area contributed by atoms with E-state index in [2.05, 4.69) is 20.5 Å². The van der Waals surface area contributed by atoms with Crippen LogP contribution < -0.4 is 5.32 Å². The number of carbonyl (C=O) groups is 1.